The molecule has 2 aromatic rings. The highest BCUT2D eigenvalue weighted by molar-refractivity contribution is 5.68. The number of nitrogens with one attached hydrogen (secondary N) is 1. The minimum atomic E-state index is -0.407. The minimum absolute atomic E-state index is 0.168. The van der Waals surface area contributed by atoms with Crippen LogP contribution in [0.2, 0.25) is 0 Å². The number of amides is 1. The summed E-state index contributed by atoms with van der Waals surface area (Å²) in [6.07, 6.45) is 3.16. The lowest BCUT2D eigenvalue weighted by atomic mass is 9.94. The Morgan fingerprint density at radius 3 is 2.03 bits per heavy atom. The Bertz CT molecular complexity index is 736. The average molecular weight is 426 g/mol. The normalized spacial score (nSPS) is 14.5. The Labute approximate surface area is 188 Å². The first-order valence-corrected chi connectivity index (χ1v) is 11.3. The van der Waals surface area contributed by atoms with Gasteiger partial charge >= 0.3 is 6.09 Å². The molecule has 170 valence electrons. The monoisotopic (exact) mass is 425 g/mol. The minimum Gasteiger partial charge on any atom is -0.444 e. The lowest BCUT2D eigenvalue weighted by molar-refractivity contribution is 0.0181. The highest BCUT2D eigenvalue weighted by atomic mass is 16.6. The average Bonchev–Trinajstić information content (AvgIpc) is 2.78. The topological polar surface area (TPSA) is 67.6 Å². The summed E-state index contributed by atoms with van der Waals surface area (Å²) in [4.78, 5) is 13.9. The first-order chi connectivity index (χ1) is 14.9. The van der Waals surface area contributed by atoms with Gasteiger partial charge in [-0.15, -0.1) is 0 Å². The number of benzene rings is 2. The molecule has 5 heteroatoms. The second kappa shape index (κ2) is 13.1. The van der Waals surface area contributed by atoms with Crippen molar-refractivity contribution in [1.29, 1.82) is 0 Å². The van der Waals surface area contributed by atoms with Gasteiger partial charge in [-0.25, -0.2) is 4.79 Å². The summed E-state index contributed by atoms with van der Waals surface area (Å²) in [6.45, 7) is 9.98. The van der Waals surface area contributed by atoms with Crippen LogP contribution < -0.4 is 11.1 Å². The number of rotatable bonds is 6. The van der Waals surface area contributed by atoms with E-state index in [1.807, 2.05) is 62.1 Å². The molecule has 2 aromatic carbocycles. The Hall–Kier alpha value is -2.37. The second-order valence-corrected chi connectivity index (χ2v) is 9.05. The van der Waals surface area contributed by atoms with E-state index in [2.05, 4.69) is 29.6 Å². The van der Waals surface area contributed by atoms with Crippen LogP contribution in [0.1, 0.15) is 51.2 Å². The van der Waals surface area contributed by atoms with Crippen LogP contribution in [0.5, 0.6) is 0 Å². The zero-order valence-corrected chi connectivity index (χ0v) is 19.3. The fourth-order valence-corrected chi connectivity index (χ4v) is 3.48. The van der Waals surface area contributed by atoms with Crippen LogP contribution in [0.15, 0.2) is 60.7 Å². The van der Waals surface area contributed by atoms with Crippen molar-refractivity contribution >= 4 is 6.09 Å². The SMILES string of the molecule is CC(C)(C)OC(=O)N1CCC(CCNCc2ccccc2)CC1.NCc1ccccc1. The molecule has 0 atom stereocenters. The number of hydrogen-bond donors (Lipinski definition) is 2. The summed E-state index contributed by atoms with van der Waals surface area (Å²) in [5, 5.41) is 3.51. The molecule has 0 radical (unpaired) electrons. The predicted molar refractivity (Wildman–Crippen MR) is 128 cm³/mol. The van der Waals surface area contributed by atoms with Crippen molar-refractivity contribution < 1.29 is 9.53 Å². The highest BCUT2D eigenvalue weighted by Gasteiger charge is 2.26. The molecule has 5 nitrogen and oxygen atoms in total. The van der Waals surface area contributed by atoms with E-state index in [4.69, 9.17) is 10.5 Å². The fourth-order valence-electron chi connectivity index (χ4n) is 3.48. The van der Waals surface area contributed by atoms with Crippen molar-refractivity contribution in [2.45, 2.75) is 58.7 Å². The van der Waals surface area contributed by atoms with E-state index in [-0.39, 0.29) is 6.09 Å². The summed E-state index contributed by atoms with van der Waals surface area (Å²) in [5.74, 6) is 0.706. The number of carbonyl (C=O) groups is 1. The molecule has 3 N–H and O–H groups in total. The van der Waals surface area contributed by atoms with Crippen LogP contribution in [0.4, 0.5) is 4.79 Å². The third kappa shape index (κ3) is 10.5. The van der Waals surface area contributed by atoms with Crippen molar-refractivity contribution in [3.05, 3.63) is 71.8 Å². The Morgan fingerprint density at radius 1 is 1.00 bits per heavy atom. The van der Waals surface area contributed by atoms with Crippen LogP contribution in [-0.2, 0) is 17.8 Å². The Balaban J connectivity index is 0.000000357. The molecule has 1 heterocycles. The fraction of sp³-hybridized carbons (Fsp3) is 0.500. The second-order valence-electron chi connectivity index (χ2n) is 9.05. The van der Waals surface area contributed by atoms with Gasteiger partial charge in [-0.3, -0.25) is 0 Å². The lowest BCUT2D eigenvalue weighted by Crippen LogP contribution is -2.42. The summed E-state index contributed by atoms with van der Waals surface area (Å²) < 4.78 is 5.43. The molecular formula is C26H39N3O2. The molecule has 0 saturated carbocycles. The van der Waals surface area contributed by atoms with Gasteiger partial charge in [0.1, 0.15) is 5.60 Å². The smallest absolute Gasteiger partial charge is 0.410 e. The van der Waals surface area contributed by atoms with Gasteiger partial charge in [0.25, 0.3) is 0 Å². The summed E-state index contributed by atoms with van der Waals surface area (Å²) >= 11 is 0. The van der Waals surface area contributed by atoms with E-state index in [0.717, 1.165) is 39.0 Å². The summed E-state index contributed by atoms with van der Waals surface area (Å²) in [7, 11) is 0. The summed E-state index contributed by atoms with van der Waals surface area (Å²) in [5.41, 5.74) is 7.46. The van der Waals surface area contributed by atoms with E-state index in [0.29, 0.717) is 12.5 Å². The van der Waals surface area contributed by atoms with E-state index in [1.165, 1.54) is 17.5 Å². The first kappa shape index (κ1) is 24.9. The van der Waals surface area contributed by atoms with Crippen molar-refractivity contribution in [2.75, 3.05) is 19.6 Å². The van der Waals surface area contributed by atoms with Crippen molar-refractivity contribution in [3.8, 4) is 0 Å². The third-order valence-electron chi connectivity index (χ3n) is 5.25. The molecule has 1 fully saturated rings. The van der Waals surface area contributed by atoms with Gasteiger partial charge in [-0.1, -0.05) is 60.7 Å². The van der Waals surface area contributed by atoms with E-state index in [1.54, 1.807) is 0 Å². The lowest BCUT2D eigenvalue weighted by Gasteiger charge is -2.33. The molecule has 1 aliphatic heterocycles. The van der Waals surface area contributed by atoms with Gasteiger partial charge in [-0.2, -0.15) is 0 Å². The van der Waals surface area contributed by atoms with Gasteiger partial charge in [-0.05, 0) is 63.6 Å². The van der Waals surface area contributed by atoms with Crippen LogP contribution in [0.25, 0.3) is 0 Å². The van der Waals surface area contributed by atoms with Gasteiger partial charge < -0.3 is 20.7 Å². The zero-order chi connectivity index (χ0) is 22.5. The first-order valence-electron chi connectivity index (χ1n) is 11.3. The van der Waals surface area contributed by atoms with Gasteiger partial charge in [0.2, 0.25) is 0 Å². The van der Waals surface area contributed by atoms with Crippen molar-refractivity contribution in [3.63, 3.8) is 0 Å². The highest BCUT2D eigenvalue weighted by Crippen LogP contribution is 2.21. The van der Waals surface area contributed by atoms with Crippen LogP contribution >= 0.6 is 0 Å². The van der Waals surface area contributed by atoms with Crippen LogP contribution in [-0.4, -0.2) is 36.2 Å². The number of nitrogens with zero attached hydrogens (tertiary/aromatic N) is 1. The predicted octanol–water partition coefficient (Wildman–Crippen LogP) is 4.96. The van der Waals surface area contributed by atoms with E-state index >= 15 is 0 Å². The van der Waals surface area contributed by atoms with Crippen LogP contribution in [0, 0.1) is 5.92 Å². The molecule has 1 saturated heterocycles. The zero-order valence-electron chi connectivity index (χ0n) is 19.3. The number of likely N-dealkylation sites (tertiary alicyclic amines) is 1. The number of ether oxygens (including phenoxy) is 1. The molecule has 0 spiro atoms. The Morgan fingerprint density at radius 2 is 1.55 bits per heavy atom. The Kier molecular flexibility index (Phi) is 10.5. The van der Waals surface area contributed by atoms with Crippen LogP contribution in [0.3, 0.4) is 0 Å². The molecular weight excluding hydrogens is 386 g/mol. The largest absolute Gasteiger partial charge is 0.444 e. The molecule has 0 aromatic heterocycles. The quantitative estimate of drug-likeness (QED) is 0.642. The standard InChI is InChI=1S/C19H30N2O2.C7H9N/c1-19(2,3)23-18(22)21-13-10-16(11-14-21)9-12-20-15-17-7-5-4-6-8-17;8-6-7-4-2-1-3-5-7/h4-8,16,20H,9-15H2,1-3H3;1-5H,6,8H2. The maximum absolute atomic E-state index is 12.0. The molecule has 0 bridgehead atoms. The van der Waals surface area contributed by atoms with Crippen molar-refractivity contribution in [2.24, 2.45) is 11.7 Å². The van der Waals surface area contributed by atoms with Gasteiger partial charge in [0.15, 0.2) is 0 Å². The maximum Gasteiger partial charge on any atom is 0.410 e. The molecule has 31 heavy (non-hydrogen) atoms. The molecule has 3 rings (SSSR count). The number of carbonyl (C=O) groups excluding carboxylic acids is 1. The van der Waals surface area contributed by atoms with E-state index < -0.39 is 5.60 Å². The maximum atomic E-state index is 12.0. The summed E-state index contributed by atoms with van der Waals surface area (Å²) in [6, 6.07) is 20.5. The third-order valence-corrected chi connectivity index (χ3v) is 5.25. The molecule has 0 aliphatic carbocycles. The molecule has 1 aliphatic rings. The molecule has 1 amide bonds. The molecule has 0 unspecified atom stereocenters. The van der Waals surface area contributed by atoms with Crippen molar-refractivity contribution in [1.82, 2.24) is 10.2 Å². The van der Waals surface area contributed by atoms with E-state index in [9.17, 15) is 4.79 Å². The number of hydrogen-bond acceptors (Lipinski definition) is 4. The van der Waals surface area contributed by atoms with Gasteiger partial charge in [0, 0.05) is 26.2 Å². The van der Waals surface area contributed by atoms with Gasteiger partial charge in [0.05, 0.1) is 0 Å². The number of piperidine rings is 1. The number of nitrogens with two attached hydrogens (primary N) is 1.